The van der Waals surface area contributed by atoms with E-state index in [1.807, 2.05) is 46.6 Å². The lowest BCUT2D eigenvalue weighted by Gasteiger charge is -2.21. The average Bonchev–Trinajstić information content (AvgIpc) is 2.64. The highest BCUT2D eigenvalue weighted by Gasteiger charge is 2.22. The van der Waals surface area contributed by atoms with Crippen molar-refractivity contribution in [1.29, 1.82) is 5.26 Å². The summed E-state index contributed by atoms with van der Waals surface area (Å²) in [6, 6.07) is 5.04. The number of nitro groups is 1. The summed E-state index contributed by atoms with van der Waals surface area (Å²) in [6.07, 6.45) is 1.64. The molecule has 0 bridgehead atoms. The molecule has 1 rings (SSSR count). The molecular weight excluding hydrogens is 306 g/mol. The van der Waals surface area contributed by atoms with Crippen LogP contribution < -0.4 is 9.64 Å². The van der Waals surface area contributed by atoms with Gasteiger partial charge in [0.2, 0.25) is 0 Å². The van der Waals surface area contributed by atoms with Gasteiger partial charge < -0.3 is 9.64 Å². The highest BCUT2D eigenvalue weighted by atomic mass is 16.6. The van der Waals surface area contributed by atoms with E-state index in [0.29, 0.717) is 17.7 Å². The van der Waals surface area contributed by atoms with E-state index in [1.54, 1.807) is 19.1 Å². The second-order valence-corrected chi connectivity index (χ2v) is 4.13. The standard InChI is InChI=1S/C14H17N3O3.2C2H6/c1-5-10(9-15)11-7-13(17(18)19)14(20-4)8-12(11)16(3)6-2;2*1-2/h5,7-8H,6H2,1-4H3;2*1-2H3/b10-5+;;. The van der Waals surface area contributed by atoms with Crippen LogP contribution in [0.15, 0.2) is 18.2 Å². The first-order valence-electron chi connectivity index (χ1n) is 8.14. The third-order valence-corrected chi connectivity index (χ3v) is 3.08. The Kier molecular flexibility index (Phi) is 12.8. The highest BCUT2D eigenvalue weighted by Crippen LogP contribution is 2.37. The smallest absolute Gasteiger partial charge is 0.311 e. The molecule has 1 aromatic rings. The minimum Gasteiger partial charge on any atom is -0.490 e. The van der Waals surface area contributed by atoms with Gasteiger partial charge in [-0.3, -0.25) is 10.1 Å². The van der Waals surface area contributed by atoms with Gasteiger partial charge in [0.15, 0.2) is 5.75 Å². The summed E-state index contributed by atoms with van der Waals surface area (Å²) in [5, 5.41) is 20.3. The fourth-order valence-electron chi connectivity index (χ4n) is 1.85. The molecule has 0 fully saturated rings. The number of allylic oxidation sites excluding steroid dienone is 2. The summed E-state index contributed by atoms with van der Waals surface area (Å²) < 4.78 is 5.07. The van der Waals surface area contributed by atoms with E-state index in [1.165, 1.54) is 13.2 Å². The quantitative estimate of drug-likeness (QED) is 0.428. The van der Waals surface area contributed by atoms with E-state index in [9.17, 15) is 15.4 Å². The van der Waals surface area contributed by atoms with Crippen LogP contribution in [-0.4, -0.2) is 25.6 Å². The first kappa shape index (κ1) is 23.7. The number of methoxy groups -OCH3 is 1. The third kappa shape index (κ3) is 5.92. The van der Waals surface area contributed by atoms with Gasteiger partial charge in [-0.1, -0.05) is 33.8 Å². The van der Waals surface area contributed by atoms with E-state index in [0.717, 1.165) is 5.69 Å². The van der Waals surface area contributed by atoms with Gasteiger partial charge in [-0.25, -0.2) is 0 Å². The van der Waals surface area contributed by atoms with E-state index in [-0.39, 0.29) is 11.4 Å². The molecule has 24 heavy (non-hydrogen) atoms. The van der Waals surface area contributed by atoms with Crippen molar-refractivity contribution in [2.45, 2.75) is 41.5 Å². The van der Waals surface area contributed by atoms with Gasteiger partial charge in [0.1, 0.15) is 0 Å². The predicted molar refractivity (Wildman–Crippen MR) is 101 cm³/mol. The molecule has 0 saturated carbocycles. The lowest BCUT2D eigenvalue weighted by atomic mass is 10.0. The van der Waals surface area contributed by atoms with Crippen LogP contribution in [0.2, 0.25) is 0 Å². The zero-order chi connectivity index (χ0) is 19.3. The van der Waals surface area contributed by atoms with E-state index in [2.05, 4.69) is 6.07 Å². The molecule has 6 nitrogen and oxygen atoms in total. The van der Waals surface area contributed by atoms with Crippen LogP contribution >= 0.6 is 0 Å². The van der Waals surface area contributed by atoms with E-state index in [4.69, 9.17) is 4.74 Å². The fourth-order valence-corrected chi connectivity index (χ4v) is 1.85. The maximum Gasteiger partial charge on any atom is 0.311 e. The van der Waals surface area contributed by atoms with Crippen molar-refractivity contribution < 1.29 is 9.66 Å². The molecule has 134 valence electrons. The van der Waals surface area contributed by atoms with Gasteiger partial charge in [-0.05, 0) is 13.8 Å². The lowest BCUT2D eigenvalue weighted by molar-refractivity contribution is -0.385. The summed E-state index contributed by atoms with van der Waals surface area (Å²) in [4.78, 5) is 12.5. The van der Waals surface area contributed by atoms with Crippen molar-refractivity contribution in [1.82, 2.24) is 0 Å². The molecular formula is C18H29N3O3. The van der Waals surface area contributed by atoms with Crippen LogP contribution in [0.25, 0.3) is 5.57 Å². The molecule has 0 N–H and O–H groups in total. The van der Waals surface area contributed by atoms with Gasteiger partial charge in [0, 0.05) is 37.0 Å². The highest BCUT2D eigenvalue weighted by molar-refractivity contribution is 5.86. The minimum absolute atomic E-state index is 0.148. The van der Waals surface area contributed by atoms with Crippen LogP contribution in [0.5, 0.6) is 5.75 Å². The van der Waals surface area contributed by atoms with E-state index < -0.39 is 4.92 Å². The third-order valence-electron chi connectivity index (χ3n) is 3.08. The van der Waals surface area contributed by atoms with Gasteiger partial charge in [0.25, 0.3) is 0 Å². The lowest BCUT2D eigenvalue weighted by Crippen LogP contribution is -2.17. The van der Waals surface area contributed by atoms with Crippen LogP contribution in [-0.2, 0) is 0 Å². The van der Waals surface area contributed by atoms with Crippen LogP contribution in [0.3, 0.4) is 0 Å². The Morgan fingerprint density at radius 1 is 1.38 bits per heavy atom. The zero-order valence-corrected chi connectivity index (χ0v) is 16.0. The Morgan fingerprint density at radius 3 is 2.25 bits per heavy atom. The van der Waals surface area contributed by atoms with Crippen LogP contribution in [0, 0.1) is 21.4 Å². The number of benzene rings is 1. The SMILES string of the molecule is C/C=C(\C#N)c1cc([N+](=O)[O-])c(OC)cc1N(C)CC.CC.CC. The van der Waals surface area contributed by atoms with Crippen molar-refractivity contribution in [3.05, 3.63) is 33.9 Å². The largest absolute Gasteiger partial charge is 0.490 e. The second-order valence-electron chi connectivity index (χ2n) is 4.13. The second kappa shape index (κ2) is 12.9. The van der Waals surface area contributed by atoms with Crippen molar-refractivity contribution in [2.75, 3.05) is 25.6 Å². The normalized spacial score (nSPS) is 9.54. The molecule has 0 heterocycles. The topological polar surface area (TPSA) is 79.4 Å². The van der Waals surface area contributed by atoms with Gasteiger partial charge in [0.05, 0.1) is 23.7 Å². The van der Waals surface area contributed by atoms with Crippen LogP contribution in [0.1, 0.15) is 47.1 Å². The molecule has 0 aliphatic heterocycles. The Labute approximate surface area is 145 Å². The molecule has 0 saturated heterocycles. The first-order valence-corrected chi connectivity index (χ1v) is 8.14. The Hall–Kier alpha value is -2.55. The number of nitrogens with zero attached hydrogens (tertiary/aromatic N) is 3. The number of hydrogen-bond donors (Lipinski definition) is 0. The number of nitro benzene ring substituents is 1. The first-order chi connectivity index (χ1) is 11.5. The molecule has 0 amide bonds. The number of anilines is 1. The van der Waals surface area contributed by atoms with E-state index >= 15 is 0 Å². The number of nitriles is 1. The monoisotopic (exact) mass is 335 g/mol. The molecule has 0 spiro atoms. The number of ether oxygens (including phenoxy) is 1. The van der Waals surface area contributed by atoms with Gasteiger partial charge in [-0.2, -0.15) is 5.26 Å². The van der Waals surface area contributed by atoms with Crippen molar-refractivity contribution in [3.8, 4) is 11.8 Å². The Bertz CT molecular complexity index is 590. The zero-order valence-electron chi connectivity index (χ0n) is 16.0. The summed E-state index contributed by atoms with van der Waals surface area (Å²) in [5.74, 6) is 0.183. The van der Waals surface area contributed by atoms with Crippen molar-refractivity contribution in [3.63, 3.8) is 0 Å². The maximum absolute atomic E-state index is 11.1. The average molecular weight is 335 g/mol. The molecule has 0 aliphatic rings. The van der Waals surface area contributed by atoms with Gasteiger partial charge >= 0.3 is 5.69 Å². The van der Waals surface area contributed by atoms with Crippen molar-refractivity contribution >= 4 is 16.9 Å². The van der Waals surface area contributed by atoms with Crippen LogP contribution in [0.4, 0.5) is 11.4 Å². The summed E-state index contributed by atoms with van der Waals surface area (Å²) in [7, 11) is 3.24. The molecule has 0 atom stereocenters. The summed E-state index contributed by atoms with van der Waals surface area (Å²) in [5.41, 5.74) is 1.51. The predicted octanol–water partition coefficient (Wildman–Crippen LogP) is 5.04. The molecule has 0 unspecified atom stereocenters. The maximum atomic E-state index is 11.1. The molecule has 0 aliphatic carbocycles. The van der Waals surface area contributed by atoms with Crippen molar-refractivity contribution in [2.24, 2.45) is 0 Å². The Balaban J connectivity index is 0. The van der Waals surface area contributed by atoms with Gasteiger partial charge in [-0.15, -0.1) is 0 Å². The minimum atomic E-state index is -0.511. The fraction of sp³-hybridized carbons (Fsp3) is 0.500. The summed E-state index contributed by atoms with van der Waals surface area (Å²) in [6.45, 7) is 12.4. The Morgan fingerprint density at radius 2 is 1.92 bits per heavy atom. The number of hydrogen-bond acceptors (Lipinski definition) is 5. The molecule has 0 radical (unpaired) electrons. The molecule has 1 aromatic carbocycles. The summed E-state index contributed by atoms with van der Waals surface area (Å²) >= 11 is 0. The molecule has 6 heteroatoms. The molecule has 0 aromatic heterocycles. The number of rotatable bonds is 5.